The summed E-state index contributed by atoms with van der Waals surface area (Å²) in [5.41, 5.74) is 0. The van der Waals surface area contributed by atoms with E-state index in [-0.39, 0.29) is 6.03 Å². The summed E-state index contributed by atoms with van der Waals surface area (Å²) in [6.07, 6.45) is 8.86. The molecule has 1 aliphatic carbocycles. The first-order valence-electron chi connectivity index (χ1n) is 7.50. The van der Waals surface area contributed by atoms with Crippen LogP contribution >= 0.6 is 0 Å². The van der Waals surface area contributed by atoms with E-state index in [1.165, 1.54) is 32.1 Å². The minimum absolute atomic E-state index is 0.140. The summed E-state index contributed by atoms with van der Waals surface area (Å²) < 4.78 is 0. The van der Waals surface area contributed by atoms with E-state index >= 15 is 0 Å². The number of nitrogens with zero attached hydrogens (tertiary/aromatic N) is 2. The molecule has 1 heterocycles. The molecule has 0 spiro atoms. The van der Waals surface area contributed by atoms with E-state index in [2.05, 4.69) is 17.3 Å². The maximum absolute atomic E-state index is 12.0. The second-order valence-corrected chi connectivity index (χ2v) is 5.70. The quantitative estimate of drug-likeness (QED) is 0.832. The molecule has 0 atom stereocenters. The van der Waals surface area contributed by atoms with Gasteiger partial charge in [0.25, 0.3) is 0 Å². The van der Waals surface area contributed by atoms with Gasteiger partial charge >= 0.3 is 6.03 Å². The van der Waals surface area contributed by atoms with E-state index in [0.29, 0.717) is 0 Å². The summed E-state index contributed by atoms with van der Waals surface area (Å²) in [7, 11) is 2.15. The summed E-state index contributed by atoms with van der Waals surface area (Å²) in [4.78, 5) is 16.4. The number of likely N-dealkylation sites (tertiary alicyclic amines) is 1. The van der Waals surface area contributed by atoms with Crippen LogP contribution in [0.15, 0.2) is 0 Å². The van der Waals surface area contributed by atoms with Crippen molar-refractivity contribution in [3.05, 3.63) is 0 Å². The van der Waals surface area contributed by atoms with Gasteiger partial charge in [0.1, 0.15) is 0 Å². The molecule has 4 nitrogen and oxygen atoms in total. The topological polar surface area (TPSA) is 35.6 Å². The first-order chi connectivity index (χ1) is 8.77. The molecule has 0 bridgehead atoms. The maximum atomic E-state index is 12.0. The minimum Gasteiger partial charge on any atom is -0.337 e. The Hall–Kier alpha value is -0.770. The van der Waals surface area contributed by atoms with Gasteiger partial charge in [-0.05, 0) is 32.7 Å². The number of likely N-dealkylation sites (N-methyl/N-ethyl adjacent to an activating group) is 1. The SMILES string of the molecule is CN(CCNC(=O)N1CCCCCCC1)C1CC1. The van der Waals surface area contributed by atoms with Crippen molar-refractivity contribution in [3.63, 3.8) is 0 Å². The van der Waals surface area contributed by atoms with Crippen molar-refractivity contribution in [3.8, 4) is 0 Å². The van der Waals surface area contributed by atoms with E-state index in [0.717, 1.165) is 45.1 Å². The summed E-state index contributed by atoms with van der Waals surface area (Å²) in [6, 6.07) is 0.921. The molecule has 2 amide bonds. The normalized spacial score (nSPS) is 21.6. The van der Waals surface area contributed by atoms with Crippen LogP contribution in [0.5, 0.6) is 0 Å². The van der Waals surface area contributed by atoms with Crippen LogP contribution in [0.25, 0.3) is 0 Å². The first-order valence-corrected chi connectivity index (χ1v) is 7.50. The first kappa shape index (κ1) is 13.7. The Kier molecular flexibility index (Phi) is 5.29. The van der Waals surface area contributed by atoms with Crippen LogP contribution in [-0.2, 0) is 0 Å². The van der Waals surface area contributed by atoms with Gasteiger partial charge in [0.05, 0.1) is 0 Å². The van der Waals surface area contributed by atoms with Crippen molar-refractivity contribution in [1.29, 1.82) is 0 Å². The van der Waals surface area contributed by atoms with Crippen LogP contribution in [0.3, 0.4) is 0 Å². The largest absolute Gasteiger partial charge is 0.337 e. The van der Waals surface area contributed by atoms with Gasteiger partial charge in [-0.3, -0.25) is 0 Å². The van der Waals surface area contributed by atoms with Gasteiger partial charge in [0.15, 0.2) is 0 Å². The number of carbonyl (C=O) groups excluding carboxylic acids is 1. The fourth-order valence-corrected chi connectivity index (χ4v) is 2.60. The van der Waals surface area contributed by atoms with Gasteiger partial charge in [-0.15, -0.1) is 0 Å². The molecule has 4 heteroatoms. The minimum atomic E-state index is 0.140. The Labute approximate surface area is 111 Å². The highest BCUT2D eigenvalue weighted by Crippen LogP contribution is 2.24. The fraction of sp³-hybridized carbons (Fsp3) is 0.929. The Morgan fingerprint density at radius 3 is 2.39 bits per heavy atom. The van der Waals surface area contributed by atoms with Crippen molar-refractivity contribution < 1.29 is 4.79 Å². The number of rotatable bonds is 4. The molecule has 18 heavy (non-hydrogen) atoms. The lowest BCUT2D eigenvalue weighted by molar-refractivity contribution is 0.190. The van der Waals surface area contributed by atoms with E-state index in [9.17, 15) is 4.79 Å². The molecule has 2 aliphatic rings. The zero-order valence-electron chi connectivity index (χ0n) is 11.7. The number of hydrogen-bond donors (Lipinski definition) is 1. The fourth-order valence-electron chi connectivity index (χ4n) is 2.60. The zero-order valence-corrected chi connectivity index (χ0v) is 11.7. The molecular weight excluding hydrogens is 226 g/mol. The summed E-state index contributed by atoms with van der Waals surface area (Å²) in [5, 5.41) is 3.06. The number of carbonyl (C=O) groups is 1. The molecular formula is C14H27N3O. The average molecular weight is 253 g/mol. The number of nitrogens with one attached hydrogen (secondary N) is 1. The third kappa shape index (κ3) is 4.48. The van der Waals surface area contributed by atoms with E-state index in [1.807, 2.05) is 4.90 Å². The highest BCUT2D eigenvalue weighted by molar-refractivity contribution is 5.74. The number of amides is 2. The van der Waals surface area contributed by atoms with Crippen molar-refractivity contribution in [2.24, 2.45) is 0 Å². The molecule has 0 radical (unpaired) electrons. The lowest BCUT2D eigenvalue weighted by atomic mass is 10.1. The third-order valence-corrected chi connectivity index (χ3v) is 4.05. The lowest BCUT2D eigenvalue weighted by Crippen LogP contribution is -2.44. The van der Waals surface area contributed by atoms with Crippen LogP contribution < -0.4 is 5.32 Å². The lowest BCUT2D eigenvalue weighted by Gasteiger charge is -2.25. The molecule has 0 aromatic carbocycles. The molecule has 1 saturated heterocycles. The Morgan fingerprint density at radius 1 is 1.17 bits per heavy atom. The second-order valence-electron chi connectivity index (χ2n) is 5.70. The number of hydrogen-bond acceptors (Lipinski definition) is 2. The van der Waals surface area contributed by atoms with Crippen molar-refractivity contribution >= 4 is 6.03 Å². The Bertz CT molecular complexity index is 258. The van der Waals surface area contributed by atoms with Gasteiger partial charge in [0.2, 0.25) is 0 Å². The van der Waals surface area contributed by atoms with Crippen LogP contribution in [0, 0.1) is 0 Å². The maximum Gasteiger partial charge on any atom is 0.317 e. The van der Waals surface area contributed by atoms with Gasteiger partial charge in [-0.25, -0.2) is 4.79 Å². The molecule has 2 rings (SSSR count). The van der Waals surface area contributed by atoms with Crippen molar-refractivity contribution in [2.75, 3.05) is 33.2 Å². The van der Waals surface area contributed by atoms with Crippen LogP contribution in [0.4, 0.5) is 4.79 Å². The predicted octanol–water partition coefficient (Wildman–Crippen LogP) is 2.06. The summed E-state index contributed by atoms with van der Waals surface area (Å²) in [6.45, 7) is 3.63. The van der Waals surface area contributed by atoms with E-state index in [1.54, 1.807) is 0 Å². The second kappa shape index (κ2) is 6.98. The summed E-state index contributed by atoms with van der Waals surface area (Å²) in [5.74, 6) is 0. The molecule has 104 valence electrons. The number of urea groups is 1. The van der Waals surface area contributed by atoms with Crippen molar-refractivity contribution in [2.45, 2.75) is 51.0 Å². The Balaban J connectivity index is 1.62. The molecule has 1 aliphatic heterocycles. The summed E-state index contributed by atoms with van der Waals surface area (Å²) >= 11 is 0. The molecule has 0 aromatic heterocycles. The van der Waals surface area contributed by atoms with Crippen molar-refractivity contribution in [1.82, 2.24) is 15.1 Å². The highest BCUT2D eigenvalue weighted by atomic mass is 16.2. The molecule has 0 unspecified atom stereocenters. The van der Waals surface area contributed by atoms with Gasteiger partial charge < -0.3 is 15.1 Å². The van der Waals surface area contributed by atoms with Crippen LogP contribution in [-0.4, -0.2) is 55.1 Å². The zero-order chi connectivity index (χ0) is 12.8. The van der Waals surface area contributed by atoms with Crippen LogP contribution in [0.2, 0.25) is 0 Å². The van der Waals surface area contributed by atoms with E-state index < -0.39 is 0 Å². The standard InChI is InChI=1S/C14H27N3O/c1-16(13-7-8-13)12-9-15-14(18)17-10-5-3-2-4-6-11-17/h13H,2-12H2,1H3,(H,15,18). The smallest absolute Gasteiger partial charge is 0.317 e. The van der Waals surface area contributed by atoms with Gasteiger partial charge in [-0.1, -0.05) is 19.3 Å². The monoisotopic (exact) mass is 253 g/mol. The third-order valence-electron chi connectivity index (χ3n) is 4.05. The van der Waals surface area contributed by atoms with E-state index in [4.69, 9.17) is 0 Å². The molecule has 2 fully saturated rings. The van der Waals surface area contributed by atoms with Gasteiger partial charge in [-0.2, -0.15) is 0 Å². The highest BCUT2D eigenvalue weighted by Gasteiger charge is 2.25. The van der Waals surface area contributed by atoms with Gasteiger partial charge in [0, 0.05) is 32.2 Å². The molecule has 1 saturated carbocycles. The Morgan fingerprint density at radius 2 is 1.78 bits per heavy atom. The molecule has 1 N–H and O–H groups in total. The average Bonchev–Trinajstić information content (AvgIpc) is 3.11. The molecule has 0 aromatic rings. The predicted molar refractivity (Wildman–Crippen MR) is 73.7 cm³/mol. The van der Waals surface area contributed by atoms with Crippen LogP contribution in [0.1, 0.15) is 44.9 Å².